The van der Waals surface area contributed by atoms with Crippen molar-refractivity contribution in [2.24, 2.45) is 11.5 Å². The minimum absolute atomic E-state index is 0.833. The highest BCUT2D eigenvalue weighted by molar-refractivity contribution is 7.99. The van der Waals surface area contributed by atoms with E-state index in [9.17, 15) is 0 Å². The molecule has 0 unspecified atom stereocenters. The van der Waals surface area contributed by atoms with Crippen LogP contribution in [0.5, 0.6) is 0 Å². The molecule has 64 valence electrons. The van der Waals surface area contributed by atoms with E-state index < -0.39 is 6.03 Å². The standard InChI is InChI=1S/C6H10S.CH4N2O/c1-3-5-7-6-4-2;2-1(3)4/h3-4H,1-2,5-6H2;(H4,2,3,4). The molecule has 0 atom stereocenters. The Balaban J connectivity index is 0. The summed E-state index contributed by atoms with van der Waals surface area (Å²) in [5.74, 6) is 2.07. The van der Waals surface area contributed by atoms with Crippen molar-refractivity contribution in [3.63, 3.8) is 0 Å². The predicted octanol–water partition coefficient (Wildman–Crippen LogP) is 1.12. The van der Waals surface area contributed by atoms with Crippen LogP contribution in [0, 0.1) is 0 Å². The molecular weight excluding hydrogens is 160 g/mol. The van der Waals surface area contributed by atoms with E-state index in [1.807, 2.05) is 23.9 Å². The Labute approximate surface area is 71.5 Å². The van der Waals surface area contributed by atoms with E-state index in [1.54, 1.807) is 0 Å². The lowest BCUT2D eigenvalue weighted by Gasteiger charge is -1.85. The molecule has 2 amide bonds. The number of carbonyl (C=O) groups excluding carboxylic acids is 1. The van der Waals surface area contributed by atoms with E-state index in [4.69, 9.17) is 4.79 Å². The van der Waals surface area contributed by atoms with Crippen molar-refractivity contribution in [3.8, 4) is 0 Å². The molecule has 0 aromatic rings. The summed E-state index contributed by atoms with van der Waals surface area (Å²) in [7, 11) is 0. The molecule has 0 spiro atoms. The van der Waals surface area contributed by atoms with Crippen molar-refractivity contribution >= 4 is 17.8 Å². The van der Waals surface area contributed by atoms with E-state index in [0.717, 1.165) is 11.5 Å². The third kappa shape index (κ3) is 47.7. The molecule has 0 heterocycles. The van der Waals surface area contributed by atoms with Crippen LogP contribution in [-0.2, 0) is 0 Å². The molecule has 0 saturated carbocycles. The van der Waals surface area contributed by atoms with Gasteiger partial charge in [-0.1, -0.05) is 12.2 Å². The quantitative estimate of drug-likeness (QED) is 0.495. The van der Waals surface area contributed by atoms with E-state index in [1.165, 1.54) is 0 Å². The number of primary amides is 2. The maximum atomic E-state index is 9.00. The molecule has 11 heavy (non-hydrogen) atoms. The molecule has 0 radical (unpaired) electrons. The van der Waals surface area contributed by atoms with Gasteiger partial charge in [-0.25, -0.2) is 4.79 Å². The third-order valence-corrected chi connectivity index (χ3v) is 1.41. The summed E-state index contributed by atoms with van der Waals surface area (Å²) >= 11 is 1.82. The fraction of sp³-hybridized carbons (Fsp3) is 0.286. The fourth-order valence-corrected chi connectivity index (χ4v) is 0.704. The van der Waals surface area contributed by atoms with Crippen molar-refractivity contribution in [1.29, 1.82) is 0 Å². The molecule has 0 aliphatic heterocycles. The molecule has 3 nitrogen and oxygen atoms in total. The first-order valence-corrected chi connectivity index (χ1v) is 4.15. The van der Waals surface area contributed by atoms with Gasteiger partial charge < -0.3 is 11.5 Å². The van der Waals surface area contributed by atoms with Crippen LogP contribution in [0.25, 0.3) is 0 Å². The topological polar surface area (TPSA) is 69.1 Å². The molecule has 0 aromatic carbocycles. The highest BCUT2D eigenvalue weighted by atomic mass is 32.2. The molecule has 4 N–H and O–H groups in total. The largest absolute Gasteiger partial charge is 0.352 e. The fourth-order valence-electron chi connectivity index (χ4n) is 0.235. The Hall–Kier alpha value is -0.900. The minimum Gasteiger partial charge on any atom is -0.352 e. The molecule has 0 fully saturated rings. The van der Waals surface area contributed by atoms with Crippen LogP contribution in [0.15, 0.2) is 25.3 Å². The average molecular weight is 174 g/mol. The van der Waals surface area contributed by atoms with E-state index in [2.05, 4.69) is 24.6 Å². The lowest BCUT2D eigenvalue weighted by atomic mass is 10.8. The molecule has 0 aromatic heterocycles. The van der Waals surface area contributed by atoms with Gasteiger partial charge in [-0.15, -0.1) is 13.2 Å². The van der Waals surface area contributed by atoms with Crippen molar-refractivity contribution in [3.05, 3.63) is 25.3 Å². The summed E-state index contributed by atoms with van der Waals surface area (Å²) in [5.41, 5.74) is 8.50. The SMILES string of the molecule is C=CCSCC=C.NC(N)=O. The van der Waals surface area contributed by atoms with Gasteiger partial charge in [0.15, 0.2) is 0 Å². The van der Waals surface area contributed by atoms with Gasteiger partial charge in [-0.05, 0) is 0 Å². The number of carbonyl (C=O) groups is 1. The van der Waals surface area contributed by atoms with Crippen LogP contribution in [0.4, 0.5) is 4.79 Å². The molecule has 0 bridgehead atoms. The van der Waals surface area contributed by atoms with Crippen molar-refractivity contribution in [1.82, 2.24) is 0 Å². The van der Waals surface area contributed by atoms with Gasteiger partial charge in [0.05, 0.1) is 0 Å². The van der Waals surface area contributed by atoms with Gasteiger partial charge in [0.1, 0.15) is 0 Å². The Morgan fingerprint density at radius 1 is 1.27 bits per heavy atom. The Kier molecular flexibility index (Phi) is 13.7. The summed E-state index contributed by atoms with van der Waals surface area (Å²) in [4.78, 5) is 9.00. The number of amides is 2. The zero-order chi connectivity index (χ0) is 9.11. The first-order chi connectivity index (χ1) is 5.15. The van der Waals surface area contributed by atoms with Crippen molar-refractivity contribution in [2.75, 3.05) is 11.5 Å². The first-order valence-electron chi connectivity index (χ1n) is 2.99. The summed E-state index contributed by atoms with van der Waals surface area (Å²) in [6.07, 6.45) is 3.79. The van der Waals surface area contributed by atoms with Crippen LogP contribution < -0.4 is 11.5 Å². The van der Waals surface area contributed by atoms with Crippen LogP contribution in [-0.4, -0.2) is 17.5 Å². The van der Waals surface area contributed by atoms with Gasteiger partial charge in [-0.2, -0.15) is 11.8 Å². The highest BCUT2D eigenvalue weighted by Gasteiger charge is 1.73. The van der Waals surface area contributed by atoms with E-state index >= 15 is 0 Å². The van der Waals surface area contributed by atoms with Crippen LogP contribution in [0.2, 0.25) is 0 Å². The molecule has 4 heteroatoms. The number of hydrogen-bond donors (Lipinski definition) is 2. The number of thioether (sulfide) groups is 1. The first kappa shape index (κ1) is 12.7. The molecule has 0 aliphatic carbocycles. The van der Waals surface area contributed by atoms with Crippen LogP contribution in [0.3, 0.4) is 0 Å². The molecule has 0 rings (SSSR count). The highest BCUT2D eigenvalue weighted by Crippen LogP contribution is 1.97. The molecule has 0 aliphatic rings. The smallest absolute Gasteiger partial charge is 0.309 e. The lowest BCUT2D eigenvalue weighted by Crippen LogP contribution is -2.18. The van der Waals surface area contributed by atoms with Crippen molar-refractivity contribution in [2.45, 2.75) is 0 Å². The number of urea groups is 1. The molecular formula is C7H14N2OS. The van der Waals surface area contributed by atoms with Gasteiger partial charge in [-0.3, -0.25) is 0 Å². The third-order valence-electron chi connectivity index (χ3n) is 0.471. The van der Waals surface area contributed by atoms with Gasteiger partial charge in [0.25, 0.3) is 0 Å². The second-order valence-electron chi connectivity index (χ2n) is 1.52. The lowest BCUT2D eigenvalue weighted by molar-refractivity contribution is 0.256. The number of hydrogen-bond acceptors (Lipinski definition) is 2. The Bertz CT molecular complexity index is 114. The van der Waals surface area contributed by atoms with Gasteiger partial charge in [0, 0.05) is 11.5 Å². The minimum atomic E-state index is -0.833. The monoisotopic (exact) mass is 174 g/mol. The zero-order valence-corrected chi connectivity index (χ0v) is 7.27. The Morgan fingerprint density at radius 2 is 1.55 bits per heavy atom. The summed E-state index contributed by atoms with van der Waals surface area (Å²) in [5, 5.41) is 0. The number of nitrogens with two attached hydrogens (primary N) is 2. The van der Waals surface area contributed by atoms with Gasteiger partial charge in [0.2, 0.25) is 0 Å². The summed E-state index contributed by atoms with van der Waals surface area (Å²) in [6.45, 7) is 7.15. The average Bonchev–Trinajstić information content (AvgIpc) is 1.88. The van der Waals surface area contributed by atoms with Crippen LogP contribution >= 0.6 is 11.8 Å². The van der Waals surface area contributed by atoms with Gasteiger partial charge >= 0.3 is 6.03 Å². The summed E-state index contributed by atoms with van der Waals surface area (Å²) in [6, 6.07) is -0.833. The predicted molar refractivity (Wildman–Crippen MR) is 51.5 cm³/mol. The van der Waals surface area contributed by atoms with E-state index in [0.29, 0.717) is 0 Å². The second-order valence-corrected chi connectivity index (χ2v) is 2.59. The maximum Gasteiger partial charge on any atom is 0.309 e. The van der Waals surface area contributed by atoms with Crippen molar-refractivity contribution < 1.29 is 4.79 Å². The van der Waals surface area contributed by atoms with Crippen LogP contribution in [0.1, 0.15) is 0 Å². The second kappa shape index (κ2) is 11.8. The van der Waals surface area contributed by atoms with E-state index in [-0.39, 0.29) is 0 Å². The number of rotatable bonds is 4. The maximum absolute atomic E-state index is 9.00. The Morgan fingerprint density at radius 3 is 1.73 bits per heavy atom. The zero-order valence-electron chi connectivity index (χ0n) is 6.45. The molecule has 0 saturated heterocycles. The normalized spacial score (nSPS) is 7.27. The summed E-state index contributed by atoms with van der Waals surface area (Å²) < 4.78 is 0.